The van der Waals surface area contributed by atoms with Gasteiger partial charge in [-0.3, -0.25) is 14.5 Å². The molecule has 0 bridgehead atoms. The molecule has 0 radical (unpaired) electrons. The van der Waals surface area contributed by atoms with Crippen molar-refractivity contribution < 1.29 is 24.2 Å². The van der Waals surface area contributed by atoms with E-state index in [1.165, 1.54) is 27.6 Å². The largest absolute Gasteiger partial charge is 0.503 e. The van der Waals surface area contributed by atoms with Gasteiger partial charge in [-0.2, -0.15) is 0 Å². The van der Waals surface area contributed by atoms with Crippen LogP contribution in [-0.2, 0) is 4.79 Å². The number of aromatic nitrogens is 1. The number of amides is 1. The highest BCUT2D eigenvalue weighted by Crippen LogP contribution is 2.46. The van der Waals surface area contributed by atoms with Crippen LogP contribution in [0.1, 0.15) is 52.7 Å². The predicted octanol–water partition coefficient (Wildman–Crippen LogP) is 6.95. The van der Waals surface area contributed by atoms with Crippen LogP contribution in [0.4, 0.5) is 5.13 Å². The second-order valence-corrected chi connectivity index (χ2v) is 11.0. The van der Waals surface area contributed by atoms with E-state index in [4.69, 9.17) is 14.5 Å². The number of aryl methyl sites for hydroxylation is 2. The van der Waals surface area contributed by atoms with Crippen LogP contribution in [-0.4, -0.2) is 35.0 Å². The third-order valence-electron chi connectivity index (χ3n) is 6.27. The molecular weight excluding hydrogens is 520 g/mol. The first-order chi connectivity index (χ1) is 18.3. The van der Waals surface area contributed by atoms with Crippen LogP contribution < -0.4 is 14.4 Å². The first-order valence-electron chi connectivity index (χ1n) is 12.5. The van der Waals surface area contributed by atoms with Gasteiger partial charge in [0.05, 0.1) is 39.9 Å². The highest BCUT2D eigenvalue weighted by atomic mass is 32.1. The molecular formula is C29H28N2O5S2. The summed E-state index contributed by atoms with van der Waals surface area (Å²) in [6.07, 6.45) is 0.838. The Balaban J connectivity index is 1.68. The first kappa shape index (κ1) is 25.9. The van der Waals surface area contributed by atoms with Crippen molar-refractivity contribution in [3.63, 3.8) is 0 Å². The summed E-state index contributed by atoms with van der Waals surface area (Å²) in [5.74, 6) is -0.525. The minimum atomic E-state index is -0.890. The minimum absolute atomic E-state index is 0.0225. The number of aliphatic hydroxyl groups excluding tert-OH is 1. The Kier molecular flexibility index (Phi) is 7.23. The molecule has 0 saturated heterocycles. The monoisotopic (exact) mass is 548 g/mol. The zero-order valence-corrected chi connectivity index (χ0v) is 23.2. The smallest absolute Gasteiger partial charge is 0.296 e. The average molecular weight is 549 g/mol. The number of rotatable bonds is 9. The van der Waals surface area contributed by atoms with Gasteiger partial charge in [-0.25, -0.2) is 4.98 Å². The molecule has 2 aromatic carbocycles. The van der Waals surface area contributed by atoms with Crippen LogP contribution in [0.3, 0.4) is 0 Å². The lowest BCUT2D eigenvalue weighted by Crippen LogP contribution is -2.31. The van der Waals surface area contributed by atoms with Gasteiger partial charge in [0.25, 0.3) is 5.91 Å². The molecule has 3 heterocycles. The van der Waals surface area contributed by atoms with Crippen LogP contribution in [0.15, 0.2) is 59.2 Å². The van der Waals surface area contributed by atoms with Gasteiger partial charge >= 0.3 is 0 Å². The molecule has 7 nitrogen and oxygen atoms in total. The number of hydrogen-bond donors (Lipinski definition) is 1. The van der Waals surface area contributed by atoms with E-state index in [1.807, 2.05) is 45.9 Å². The van der Waals surface area contributed by atoms with Crippen molar-refractivity contribution in [1.29, 1.82) is 0 Å². The van der Waals surface area contributed by atoms with Crippen molar-refractivity contribution in [2.75, 3.05) is 18.1 Å². The number of ketones is 1. The Morgan fingerprint density at radius 3 is 2.63 bits per heavy atom. The summed E-state index contributed by atoms with van der Waals surface area (Å²) < 4.78 is 12.7. The highest BCUT2D eigenvalue weighted by molar-refractivity contribution is 7.22. The standard InChI is InChI=1S/C29H28N2O5S2/c1-5-11-36-19-10-9-18(15-20(19)35-6-2)25-23(26(32)21-8-7-12-37-21)27(33)28(34)31(25)29-30-24-17(4)13-16(3)14-22(24)38-29/h7-10,12-15,25,33H,5-6,11H2,1-4H3. The summed E-state index contributed by atoms with van der Waals surface area (Å²) in [6, 6.07) is 12.0. The molecule has 0 aliphatic carbocycles. The molecule has 1 atom stereocenters. The molecule has 9 heteroatoms. The maximum atomic E-state index is 13.7. The fraction of sp³-hybridized carbons (Fsp3) is 0.276. The molecule has 1 aliphatic rings. The van der Waals surface area contributed by atoms with Gasteiger partial charge in [-0.1, -0.05) is 36.5 Å². The van der Waals surface area contributed by atoms with Gasteiger partial charge in [0.1, 0.15) is 0 Å². The lowest BCUT2D eigenvalue weighted by molar-refractivity contribution is -0.117. The van der Waals surface area contributed by atoms with Crippen molar-refractivity contribution in [3.8, 4) is 11.5 Å². The summed E-state index contributed by atoms with van der Waals surface area (Å²) in [5, 5.41) is 13.3. The number of thiophene rings is 1. The molecule has 0 saturated carbocycles. The van der Waals surface area contributed by atoms with Gasteiger partial charge in [-0.05, 0) is 73.5 Å². The predicted molar refractivity (Wildman–Crippen MR) is 151 cm³/mol. The van der Waals surface area contributed by atoms with Crippen LogP contribution in [0, 0.1) is 13.8 Å². The molecule has 0 spiro atoms. The summed E-state index contributed by atoms with van der Waals surface area (Å²) >= 11 is 2.62. The fourth-order valence-corrected chi connectivity index (χ4v) is 6.49. The molecule has 5 rings (SSSR count). The summed E-state index contributed by atoms with van der Waals surface area (Å²) in [4.78, 5) is 33.9. The molecule has 196 valence electrons. The second-order valence-electron chi connectivity index (χ2n) is 9.06. The van der Waals surface area contributed by atoms with Crippen molar-refractivity contribution in [2.45, 2.75) is 40.2 Å². The summed E-state index contributed by atoms with van der Waals surface area (Å²) in [6.45, 7) is 8.84. The van der Waals surface area contributed by atoms with E-state index >= 15 is 0 Å². The maximum absolute atomic E-state index is 13.7. The molecule has 1 unspecified atom stereocenters. The normalized spacial score (nSPS) is 15.5. The highest BCUT2D eigenvalue weighted by Gasteiger charge is 2.46. The lowest BCUT2D eigenvalue weighted by atomic mass is 9.95. The van der Waals surface area contributed by atoms with E-state index in [1.54, 1.807) is 29.6 Å². The Bertz CT molecular complexity index is 1550. The van der Waals surface area contributed by atoms with Gasteiger partial charge in [0, 0.05) is 0 Å². The second kappa shape index (κ2) is 10.6. The van der Waals surface area contributed by atoms with Crippen molar-refractivity contribution in [1.82, 2.24) is 4.98 Å². The quantitative estimate of drug-likeness (QED) is 0.228. The van der Waals surface area contributed by atoms with Crippen LogP contribution in [0.2, 0.25) is 0 Å². The zero-order chi connectivity index (χ0) is 27.0. The first-order valence-corrected chi connectivity index (χ1v) is 14.2. The van der Waals surface area contributed by atoms with E-state index < -0.39 is 23.5 Å². The van der Waals surface area contributed by atoms with Gasteiger partial charge < -0.3 is 14.6 Å². The Hall–Kier alpha value is -3.69. The number of carbonyl (C=O) groups excluding carboxylic acids is 2. The topological polar surface area (TPSA) is 89.0 Å². The van der Waals surface area contributed by atoms with E-state index in [9.17, 15) is 14.7 Å². The SMILES string of the molecule is CCCOc1ccc(C2C(C(=O)c3cccs3)=C(O)C(=O)N2c2nc3c(C)cc(C)cc3s2)cc1OCC. The molecule has 2 aromatic heterocycles. The van der Waals surface area contributed by atoms with Crippen molar-refractivity contribution in [2.24, 2.45) is 0 Å². The van der Waals surface area contributed by atoms with Crippen LogP contribution in [0.5, 0.6) is 11.5 Å². The minimum Gasteiger partial charge on any atom is -0.503 e. The number of thiazole rings is 1. The zero-order valence-electron chi connectivity index (χ0n) is 21.6. The number of nitrogens with zero attached hydrogens (tertiary/aromatic N) is 2. The number of ether oxygens (including phenoxy) is 2. The number of aliphatic hydroxyl groups is 1. The molecule has 1 aliphatic heterocycles. The lowest BCUT2D eigenvalue weighted by Gasteiger charge is -2.25. The Morgan fingerprint density at radius 1 is 1.11 bits per heavy atom. The molecule has 4 aromatic rings. The number of benzene rings is 2. The fourth-order valence-electron chi connectivity index (χ4n) is 4.65. The van der Waals surface area contributed by atoms with E-state index in [-0.39, 0.29) is 5.57 Å². The Labute approximate surface area is 229 Å². The number of carbonyl (C=O) groups is 2. The number of Topliss-reactive ketones (excluding diaryl/α,β-unsaturated/α-hetero) is 1. The van der Waals surface area contributed by atoms with Crippen LogP contribution in [0.25, 0.3) is 10.2 Å². The summed E-state index contributed by atoms with van der Waals surface area (Å²) in [5.41, 5.74) is 3.51. The van der Waals surface area contributed by atoms with Gasteiger partial charge in [0.15, 0.2) is 22.4 Å². The van der Waals surface area contributed by atoms with E-state index in [0.717, 1.165) is 27.8 Å². The van der Waals surface area contributed by atoms with E-state index in [2.05, 4.69) is 0 Å². The average Bonchev–Trinajstić information content (AvgIpc) is 3.62. The molecule has 1 amide bonds. The number of anilines is 1. The Morgan fingerprint density at radius 2 is 1.92 bits per heavy atom. The van der Waals surface area contributed by atoms with Crippen molar-refractivity contribution >= 4 is 49.7 Å². The molecule has 0 fully saturated rings. The van der Waals surface area contributed by atoms with E-state index in [0.29, 0.717) is 40.3 Å². The number of hydrogen-bond acceptors (Lipinski definition) is 8. The van der Waals surface area contributed by atoms with Gasteiger partial charge in [-0.15, -0.1) is 11.3 Å². The van der Waals surface area contributed by atoms with Crippen LogP contribution >= 0.6 is 22.7 Å². The third-order valence-corrected chi connectivity index (χ3v) is 8.14. The summed E-state index contributed by atoms with van der Waals surface area (Å²) in [7, 11) is 0. The number of fused-ring (bicyclic) bond motifs is 1. The van der Waals surface area contributed by atoms with Crippen molar-refractivity contribution in [3.05, 3.63) is 80.7 Å². The third kappa shape index (κ3) is 4.56. The van der Waals surface area contributed by atoms with Gasteiger partial charge in [0.2, 0.25) is 5.78 Å². The molecule has 1 N–H and O–H groups in total. The maximum Gasteiger partial charge on any atom is 0.296 e. The molecule has 38 heavy (non-hydrogen) atoms.